The van der Waals surface area contributed by atoms with Crippen LogP contribution in [0.15, 0.2) is 128 Å². The number of thiophene rings is 1. The van der Waals surface area contributed by atoms with Crippen LogP contribution in [0.5, 0.6) is 11.5 Å². The number of hydrogen-bond donors (Lipinski definition) is 0. The molecule has 8 rings (SSSR count). The van der Waals surface area contributed by atoms with Crippen LogP contribution in [0.4, 0.5) is 17.2 Å². The fourth-order valence-corrected chi connectivity index (χ4v) is 7.23. The maximum absolute atomic E-state index is 6.43. The Morgan fingerprint density at radius 3 is 2.33 bits per heavy atom. The fourth-order valence-electron chi connectivity index (χ4n) is 6.10. The molecule has 0 radical (unpaired) electrons. The van der Waals surface area contributed by atoms with Gasteiger partial charge in [-0.05, 0) is 66.2 Å². The molecular formula is C37H27N3OS. The molecule has 7 aromatic rings. The maximum atomic E-state index is 6.43. The van der Waals surface area contributed by atoms with E-state index in [9.17, 15) is 0 Å². The fraction of sp³-hybridized carbons (Fsp3) is 0.0811. The third kappa shape index (κ3) is 3.97. The quantitative estimate of drug-likeness (QED) is 0.214. The highest BCUT2D eigenvalue weighted by atomic mass is 32.1. The third-order valence-corrected chi connectivity index (χ3v) is 9.32. The van der Waals surface area contributed by atoms with Crippen molar-refractivity contribution in [3.8, 4) is 22.8 Å². The van der Waals surface area contributed by atoms with Gasteiger partial charge >= 0.3 is 0 Å². The van der Waals surface area contributed by atoms with E-state index in [0.717, 1.165) is 39.9 Å². The van der Waals surface area contributed by atoms with E-state index in [1.165, 1.54) is 31.3 Å². The average molecular weight is 562 g/mol. The van der Waals surface area contributed by atoms with Gasteiger partial charge in [-0.3, -0.25) is 9.88 Å². The number of anilines is 3. The van der Waals surface area contributed by atoms with Crippen LogP contribution in [0.25, 0.3) is 31.4 Å². The molecule has 4 aromatic carbocycles. The molecule has 0 amide bonds. The minimum absolute atomic E-state index is 0.209. The second kappa shape index (κ2) is 9.54. The van der Waals surface area contributed by atoms with Crippen molar-refractivity contribution in [2.75, 3.05) is 4.90 Å². The standard InChI is InChI=1S/C37H27N3OS/c1-37(2)30-15-9-19-39-36(30)40(33-22-29-28-14-3-4-17-34(28)42-35(29)23-31(33)37)25-11-8-13-27(21-25)41-26-12-7-10-24(20-26)32-16-5-6-18-38-32/h3-23H,1-2H3. The molecule has 0 saturated carbocycles. The van der Waals surface area contributed by atoms with E-state index in [2.05, 4.69) is 84.4 Å². The summed E-state index contributed by atoms with van der Waals surface area (Å²) < 4.78 is 9.04. The molecule has 0 aliphatic carbocycles. The van der Waals surface area contributed by atoms with Crippen molar-refractivity contribution in [1.82, 2.24) is 9.97 Å². The number of nitrogens with zero attached hydrogens (tertiary/aromatic N) is 3. The van der Waals surface area contributed by atoms with Crippen LogP contribution in [-0.4, -0.2) is 9.97 Å². The summed E-state index contributed by atoms with van der Waals surface area (Å²) in [4.78, 5) is 11.7. The first kappa shape index (κ1) is 24.8. The first-order valence-electron chi connectivity index (χ1n) is 14.1. The number of pyridine rings is 2. The number of benzene rings is 4. The second-order valence-corrected chi connectivity index (χ2v) is 12.2. The molecule has 42 heavy (non-hydrogen) atoms. The van der Waals surface area contributed by atoms with Crippen LogP contribution in [0, 0.1) is 0 Å². The van der Waals surface area contributed by atoms with Crippen LogP contribution in [0.1, 0.15) is 25.0 Å². The van der Waals surface area contributed by atoms with E-state index in [0.29, 0.717) is 0 Å². The van der Waals surface area contributed by atoms with Gasteiger partial charge in [-0.1, -0.05) is 62.4 Å². The first-order chi connectivity index (χ1) is 20.6. The summed E-state index contributed by atoms with van der Waals surface area (Å²) >= 11 is 1.86. The lowest BCUT2D eigenvalue weighted by atomic mass is 9.74. The molecule has 1 aliphatic rings. The maximum Gasteiger partial charge on any atom is 0.141 e. The minimum Gasteiger partial charge on any atom is -0.457 e. The van der Waals surface area contributed by atoms with E-state index in [4.69, 9.17) is 9.72 Å². The van der Waals surface area contributed by atoms with Gasteiger partial charge in [-0.2, -0.15) is 0 Å². The van der Waals surface area contributed by atoms with Crippen molar-refractivity contribution in [3.05, 3.63) is 139 Å². The number of aromatic nitrogens is 2. The largest absolute Gasteiger partial charge is 0.457 e. The molecule has 4 heterocycles. The van der Waals surface area contributed by atoms with Gasteiger partial charge in [0.25, 0.3) is 0 Å². The van der Waals surface area contributed by atoms with Gasteiger partial charge in [0, 0.05) is 55.2 Å². The zero-order valence-corrected chi connectivity index (χ0v) is 24.1. The number of hydrogen-bond acceptors (Lipinski definition) is 5. The smallest absolute Gasteiger partial charge is 0.141 e. The predicted molar refractivity (Wildman–Crippen MR) is 174 cm³/mol. The van der Waals surface area contributed by atoms with Crippen LogP contribution in [0.3, 0.4) is 0 Å². The molecule has 0 N–H and O–H groups in total. The number of ether oxygens (including phenoxy) is 1. The van der Waals surface area contributed by atoms with Gasteiger partial charge in [0.2, 0.25) is 0 Å². The van der Waals surface area contributed by atoms with Crippen LogP contribution >= 0.6 is 11.3 Å². The molecule has 1 aliphatic heterocycles. The first-order valence-corrected chi connectivity index (χ1v) is 14.9. The molecule has 0 saturated heterocycles. The number of fused-ring (bicyclic) bond motifs is 5. The minimum atomic E-state index is -0.209. The molecule has 4 nitrogen and oxygen atoms in total. The van der Waals surface area contributed by atoms with Crippen LogP contribution in [0.2, 0.25) is 0 Å². The summed E-state index contributed by atoms with van der Waals surface area (Å²) in [6.45, 7) is 4.61. The average Bonchev–Trinajstić information content (AvgIpc) is 3.39. The summed E-state index contributed by atoms with van der Waals surface area (Å²) in [5.41, 5.74) is 6.37. The van der Waals surface area contributed by atoms with Gasteiger partial charge in [-0.15, -0.1) is 11.3 Å². The topological polar surface area (TPSA) is 38.2 Å². The Bertz CT molecular complexity index is 2120. The molecule has 3 aromatic heterocycles. The lowest BCUT2D eigenvalue weighted by Crippen LogP contribution is -2.31. The lowest BCUT2D eigenvalue weighted by Gasteiger charge is -2.41. The third-order valence-electron chi connectivity index (χ3n) is 8.19. The Labute approximate surface area is 248 Å². The highest BCUT2D eigenvalue weighted by Crippen LogP contribution is 2.53. The highest BCUT2D eigenvalue weighted by molar-refractivity contribution is 7.25. The normalized spacial score (nSPS) is 13.6. The molecule has 0 bridgehead atoms. The second-order valence-electron chi connectivity index (χ2n) is 11.1. The van der Waals surface area contributed by atoms with Gasteiger partial charge < -0.3 is 4.74 Å². The van der Waals surface area contributed by atoms with Gasteiger partial charge in [0.1, 0.15) is 17.3 Å². The Balaban J connectivity index is 1.26. The van der Waals surface area contributed by atoms with Crippen molar-refractivity contribution < 1.29 is 4.74 Å². The summed E-state index contributed by atoms with van der Waals surface area (Å²) in [6, 6.07) is 39.9. The van der Waals surface area contributed by atoms with Crippen molar-refractivity contribution in [1.29, 1.82) is 0 Å². The molecule has 0 unspecified atom stereocenters. The predicted octanol–water partition coefficient (Wildman–Crippen LogP) is 10.4. The summed E-state index contributed by atoms with van der Waals surface area (Å²) in [6.07, 6.45) is 3.69. The lowest BCUT2D eigenvalue weighted by molar-refractivity contribution is 0.483. The monoisotopic (exact) mass is 561 g/mol. The SMILES string of the molecule is CC1(C)c2cc3sc4ccccc4c3cc2N(c2cccc(Oc3cccc(-c4ccccn4)c3)c2)c2ncccc21. The summed E-state index contributed by atoms with van der Waals surface area (Å²) in [7, 11) is 0. The Morgan fingerprint density at radius 1 is 0.643 bits per heavy atom. The molecular weight excluding hydrogens is 534 g/mol. The van der Waals surface area contributed by atoms with Crippen molar-refractivity contribution in [3.63, 3.8) is 0 Å². The number of rotatable bonds is 4. The zero-order chi connectivity index (χ0) is 28.3. The van der Waals surface area contributed by atoms with Crippen molar-refractivity contribution >= 4 is 48.7 Å². The van der Waals surface area contributed by atoms with Crippen LogP contribution in [-0.2, 0) is 5.41 Å². The molecule has 0 spiro atoms. The Morgan fingerprint density at radius 2 is 1.45 bits per heavy atom. The van der Waals surface area contributed by atoms with E-state index in [-0.39, 0.29) is 5.41 Å². The molecule has 202 valence electrons. The zero-order valence-electron chi connectivity index (χ0n) is 23.3. The van der Waals surface area contributed by atoms with Gasteiger partial charge in [0.05, 0.1) is 17.1 Å². The Kier molecular flexibility index (Phi) is 5.62. The molecule has 0 atom stereocenters. The molecule has 0 fully saturated rings. The van der Waals surface area contributed by atoms with E-state index < -0.39 is 0 Å². The van der Waals surface area contributed by atoms with Gasteiger partial charge in [0.15, 0.2) is 0 Å². The summed E-state index contributed by atoms with van der Waals surface area (Å²) in [5.74, 6) is 2.47. The van der Waals surface area contributed by atoms with E-state index in [1.54, 1.807) is 0 Å². The van der Waals surface area contributed by atoms with Crippen molar-refractivity contribution in [2.24, 2.45) is 0 Å². The highest BCUT2D eigenvalue weighted by Gasteiger charge is 2.38. The van der Waals surface area contributed by atoms with Crippen LogP contribution < -0.4 is 9.64 Å². The van der Waals surface area contributed by atoms with Crippen molar-refractivity contribution in [2.45, 2.75) is 19.3 Å². The summed E-state index contributed by atoms with van der Waals surface area (Å²) in [5, 5.41) is 2.56. The Hall–Kier alpha value is -5.00. The van der Waals surface area contributed by atoms with Gasteiger partial charge in [-0.25, -0.2) is 4.98 Å². The van der Waals surface area contributed by atoms with E-state index >= 15 is 0 Å². The molecule has 5 heteroatoms. The van der Waals surface area contributed by atoms with E-state index in [1.807, 2.05) is 78.3 Å².